The molecule has 0 unspecified atom stereocenters. The molecule has 34 heavy (non-hydrogen) atoms. The highest BCUT2D eigenvalue weighted by Gasteiger charge is 2.33. The molecular weight excluding hydrogens is 432 g/mol. The minimum absolute atomic E-state index is 0.0909. The van der Waals surface area contributed by atoms with E-state index in [0.717, 1.165) is 33.9 Å². The number of anilines is 1. The maximum Gasteiger partial charge on any atom is 0.272 e. The van der Waals surface area contributed by atoms with Crippen LogP contribution >= 0.6 is 0 Å². The zero-order valence-corrected chi connectivity index (χ0v) is 19.1. The first kappa shape index (κ1) is 21.6. The van der Waals surface area contributed by atoms with Gasteiger partial charge in [0.2, 0.25) is 5.91 Å². The molecule has 0 fully saturated rings. The number of fused-ring (bicyclic) bond motifs is 1. The fourth-order valence-corrected chi connectivity index (χ4v) is 4.22. The summed E-state index contributed by atoms with van der Waals surface area (Å²) >= 11 is 0. The number of amides is 1. The summed E-state index contributed by atoms with van der Waals surface area (Å²) in [5.41, 5.74) is 4.27. The highest BCUT2D eigenvalue weighted by molar-refractivity contribution is 5.95. The fourth-order valence-electron chi connectivity index (χ4n) is 4.22. The molecule has 9 heteroatoms. The number of ether oxygens (including phenoxy) is 2. The molecule has 0 radical (unpaired) electrons. The second-order valence-corrected chi connectivity index (χ2v) is 7.94. The van der Waals surface area contributed by atoms with Gasteiger partial charge in [0, 0.05) is 23.5 Å². The quantitative estimate of drug-likeness (QED) is 0.469. The Morgan fingerprint density at radius 3 is 2.53 bits per heavy atom. The van der Waals surface area contributed by atoms with E-state index >= 15 is 0 Å². The Bertz CT molecular complexity index is 1330. The van der Waals surface area contributed by atoms with Gasteiger partial charge < -0.3 is 14.8 Å². The third kappa shape index (κ3) is 3.96. The lowest BCUT2D eigenvalue weighted by Gasteiger charge is -2.24. The molecule has 0 saturated heterocycles. The van der Waals surface area contributed by atoms with Crippen molar-refractivity contribution >= 4 is 11.7 Å². The minimum Gasteiger partial charge on any atom is -0.497 e. The first-order chi connectivity index (χ1) is 16.6. The van der Waals surface area contributed by atoms with Gasteiger partial charge in [-0.1, -0.05) is 12.1 Å². The first-order valence-corrected chi connectivity index (χ1v) is 11.0. The lowest BCUT2D eigenvalue weighted by atomic mass is 9.86. The number of nitrogens with zero attached hydrogens (tertiary/aromatic N) is 5. The maximum atomic E-state index is 12.7. The Kier molecular flexibility index (Phi) is 5.67. The van der Waals surface area contributed by atoms with Crippen LogP contribution in [0.4, 0.5) is 5.82 Å². The van der Waals surface area contributed by atoms with Crippen LogP contribution in [0.3, 0.4) is 0 Å². The van der Waals surface area contributed by atoms with Crippen molar-refractivity contribution in [3.63, 3.8) is 0 Å². The second kappa shape index (κ2) is 8.93. The molecule has 1 aliphatic heterocycles. The van der Waals surface area contributed by atoms with E-state index in [1.54, 1.807) is 18.0 Å². The van der Waals surface area contributed by atoms with Crippen molar-refractivity contribution in [2.24, 2.45) is 0 Å². The molecule has 1 amide bonds. The number of carbonyl (C=O) groups excluding carboxylic acids is 1. The maximum absolute atomic E-state index is 12.7. The number of nitrogens with one attached hydrogen (secondary N) is 1. The van der Waals surface area contributed by atoms with Crippen molar-refractivity contribution in [2.75, 3.05) is 19.0 Å². The summed E-state index contributed by atoms with van der Waals surface area (Å²) in [6.07, 6.45) is 1.92. The number of aromatic nitrogens is 5. The van der Waals surface area contributed by atoms with Gasteiger partial charge in [-0.05, 0) is 55.8 Å². The molecule has 0 spiro atoms. The molecule has 1 aliphatic rings. The van der Waals surface area contributed by atoms with E-state index in [9.17, 15) is 4.79 Å². The van der Waals surface area contributed by atoms with Gasteiger partial charge >= 0.3 is 0 Å². The van der Waals surface area contributed by atoms with Crippen LogP contribution in [0, 0.1) is 6.92 Å². The molecule has 2 aromatic heterocycles. The Balaban J connectivity index is 1.54. The molecule has 0 bridgehead atoms. The summed E-state index contributed by atoms with van der Waals surface area (Å²) in [7, 11) is 1.62. The van der Waals surface area contributed by atoms with Crippen molar-refractivity contribution in [3.05, 3.63) is 71.5 Å². The molecule has 0 aliphatic carbocycles. The number of aryl methyl sites for hydroxylation is 1. The zero-order valence-electron chi connectivity index (χ0n) is 19.1. The van der Waals surface area contributed by atoms with Crippen molar-refractivity contribution in [3.8, 4) is 28.7 Å². The summed E-state index contributed by atoms with van der Waals surface area (Å²) in [5.74, 6) is 2.18. The molecule has 0 saturated carbocycles. The molecule has 3 heterocycles. The van der Waals surface area contributed by atoms with Gasteiger partial charge in [-0.2, -0.15) is 14.9 Å². The van der Waals surface area contributed by atoms with Gasteiger partial charge in [0.25, 0.3) is 5.95 Å². The molecule has 9 nitrogen and oxygen atoms in total. The molecule has 1 atom stereocenters. The number of benzene rings is 2. The van der Waals surface area contributed by atoms with E-state index < -0.39 is 0 Å². The largest absolute Gasteiger partial charge is 0.497 e. The van der Waals surface area contributed by atoms with Crippen LogP contribution in [-0.2, 0) is 4.79 Å². The predicted molar refractivity (Wildman–Crippen MR) is 126 cm³/mol. The van der Waals surface area contributed by atoms with Crippen LogP contribution < -0.4 is 14.8 Å². The standard InChI is InChI=1S/C25H24N6O3/c1-4-34-19-11-5-16(6-12-19)20-13-22(32)28-24-23(20)15(2)30-31(24)25-27-21(14-26-29-25)17-7-9-18(33-3)10-8-17/h5-12,14,20H,4,13H2,1-3H3,(H,28,32)/t20-/m1/s1. The predicted octanol–water partition coefficient (Wildman–Crippen LogP) is 3.91. The van der Waals surface area contributed by atoms with Crippen LogP contribution in [0.15, 0.2) is 54.7 Å². The van der Waals surface area contributed by atoms with Crippen LogP contribution in [-0.4, -0.2) is 44.6 Å². The van der Waals surface area contributed by atoms with Crippen molar-refractivity contribution in [1.82, 2.24) is 25.0 Å². The summed E-state index contributed by atoms with van der Waals surface area (Å²) in [5, 5.41) is 16.0. The average Bonchev–Trinajstić information content (AvgIpc) is 3.20. The smallest absolute Gasteiger partial charge is 0.272 e. The Morgan fingerprint density at radius 1 is 1.09 bits per heavy atom. The lowest BCUT2D eigenvalue weighted by molar-refractivity contribution is -0.116. The number of methoxy groups -OCH3 is 1. The number of carbonyl (C=O) groups is 1. The van der Waals surface area contributed by atoms with Gasteiger partial charge in [-0.3, -0.25) is 4.79 Å². The number of hydrogen-bond acceptors (Lipinski definition) is 7. The van der Waals surface area contributed by atoms with Crippen LogP contribution in [0.25, 0.3) is 17.2 Å². The Morgan fingerprint density at radius 2 is 1.82 bits per heavy atom. The molecule has 5 rings (SSSR count). The monoisotopic (exact) mass is 456 g/mol. The summed E-state index contributed by atoms with van der Waals surface area (Å²) in [6, 6.07) is 15.4. The SMILES string of the molecule is CCOc1ccc([C@H]2CC(=O)Nc3c2c(C)nn3-c2nncc(-c3ccc(OC)cc3)n2)cc1. The average molecular weight is 457 g/mol. The number of rotatable bonds is 6. The van der Waals surface area contributed by atoms with Gasteiger partial charge in [-0.15, -0.1) is 5.10 Å². The van der Waals surface area contributed by atoms with Crippen LogP contribution in [0.2, 0.25) is 0 Å². The van der Waals surface area contributed by atoms with E-state index in [1.165, 1.54) is 0 Å². The summed E-state index contributed by atoms with van der Waals surface area (Å²) < 4.78 is 12.3. The van der Waals surface area contributed by atoms with Gasteiger partial charge in [0.1, 0.15) is 17.3 Å². The van der Waals surface area contributed by atoms with E-state index in [2.05, 4.69) is 25.6 Å². The van der Waals surface area contributed by atoms with E-state index in [4.69, 9.17) is 9.47 Å². The van der Waals surface area contributed by atoms with Gasteiger partial charge in [-0.25, -0.2) is 4.98 Å². The van der Waals surface area contributed by atoms with E-state index in [1.807, 2.05) is 62.4 Å². The fraction of sp³-hybridized carbons (Fsp3) is 0.240. The lowest BCUT2D eigenvalue weighted by Crippen LogP contribution is -2.25. The van der Waals surface area contributed by atoms with Crippen molar-refractivity contribution < 1.29 is 14.3 Å². The third-order valence-electron chi connectivity index (χ3n) is 5.82. The molecule has 2 aromatic carbocycles. The zero-order chi connectivity index (χ0) is 23.7. The summed E-state index contributed by atoms with van der Waals surface area (Å²) in [6.45, 7) is 4.48. The minimum atomic E-state index is -0.133. The first-order valence-electron chi connectivity index (χ1n) is 11.0. The molecular formula is C25H24N6O3. The molecule has 4 aromatic rings. The normalized spacial score (nSPS) is 14.9. The van der Waals surface area contributed by atoms with Crippen LogP contribution in [0.1, 0.15) is 36.1 Å². The van der Waals surface area contributed by atoms with E-state index in [-0.39, 0.29) is 17.8 Å². The number of hydrogen-bond donors (Lipinski definition) is 1. The Labute approximate surface area is 196 Å². The highest BCUT2D eigenvalue weighted by Crippen LogP contribution is 2.40. The van der Waals surface area contributed by atoms with E-state index in [0.29, 0.717) is 24.5 Å². The molecule has 172 valence electrons. The van der Waals surface area contributed by atoms with Crippen molar-refractivity contribution in [1.29, 1.82) is 0 Å². The van der Waals surface area contributed by atoms with Crippen LogP contribution in [0.5, 0.6) is 11.5 Å². The van der Waals surface area contributed by atoms with Crippen molar-refractivity contribution in [2.45, 2.75) is 26.2 Å². The highest BCUT2D eigenvalue weighted by atomic mass is 16.5. The second-order valence-electron chi connectivity index (χ2n) is 7.94. The topological polar surface area (TPSA) is 104 Å². The summed E-state index contributed by atoms with van der Waals surface area (Å²) in [4.78, 5) is 17.3. The third-order valence-corrected chi connectivity index (χ3v) is 5.82. The van der Waals surface area contributed by atoms with Gasteiger partial charge in [0.15, 0.2) is 0 Å². The molecule has 1 N–H and O–H groups in total. The Hall–Kier alpha value is -4.27. The van der Waals surface area contributed by atoms with Gasteiger partial charge in [0.05, 0.1) is 31.3 Å².